The van der Waals surface area contributed by atoms with E-state index in [1.807, 2.05) is 17.0 Å². The molecule has 0 saturated carbocycles. The zero-order valence-corrected chi connectivity index (χ0v) is 8.28. The van der Waals surface area contributed by atoms with E-state index in [0.717, 1.165) is 5.76 Å². The van der Waals surface area contributed by atoms with Crippen molar-refractivity contribution < 1.29 is 9.21 Å². The van der Waals surface area contributed by atoms with E-state index in [1.165, 1.54) is 6.08 Å². The van der Waals surface area contributed by atoms with Gasteiger partial charge >= 0.3 is 0 Å². The molecule has 1 amide bonds. The Bertz CT molecular complexity index is 348. The van der Waals surface area contributed by atoms with Crippen LogP contribution in [0.2, 0.25) is 0 Å². The molecule has 0 aliphatic carbocycles. The molecule has 0 saturated heterocycles. The standard InChI is InChI=1S/C9H10N2O2S/c12-8-3-4-11(9(14)10-8)6-7-2-1-5-13-7/h1-5,9,14H,6H2,(H,10,12). The van der Waals surface area contributed by atoms with Crippen molar-refractivity contribution in [2.24, 2.45) is 0 Å². The molecule has 0 aromatic carbocycles. The number of hydrogen-bond donors (Lipinski definition) is 2. The summed E-state index contributed by atoms with van der Waals surface area (Å²) in [5.74, 6) is 0.713. The highest BCUT2D eigenvalue weighted by Crippen LogP contribution is 2.12. The summed E-state index contributed by atoms with van der Waals surface area (Å²) >= 11 is 4.23. The second-order valence-electron chi connectivity index (χ2n) is 2.95. The minimum Gasteiger partial charge on any atom is -0.467 e. The smallest absolute Gasteiger partial charge is 0.247 e. The van der Waals surface area contributed by atoms with E-state index in [2.05, 4.69) is 17.9 Å². The molecule has 0 radical (unpaired) electrons. The van der Waals surface area contributed by atoms with Crippen molar-refractivity contribution in [2.75, 3.05) is 0 Å². The highest BCUT2D eigenvalue weighted by Gasteiger charge is 2.17. The zero-order chi connectivity index (χ0) is 9.97. The molecular weight excluding hydrogens is 200 g/mol. The maximum Gasteiger partial charge on any atom is 0.247 e. The van der Waals surface area contributed by atoms with Crippen LogP contribution in [0, 0.1) is 0 Å². The Morgan fingerprint density at radius 2 is 2.50 bits per heavy atom. The van der Waals surface area contributed by atoms with Gasteiger partial charge < -0.3 is 14.6 Å². The number of furan rings is 1. The molecule has 1 atom stereocenters. The minimum atomic E-state index is -0.294. The molecule has 0 fully saturated rings. The fourth-order valence-corrected chi connectivity index (χ4v) is 1.51. The quantitative estimate of drug-likeness (QED) is 0.714. The first kappa shape index (κ1) is 9.21. The van der Waals surface area contributed by atoms with E-state index in [4.69, 9.17) is 4.42 Å². The van der Waals surface area contributed by atoms with Crippen molar-refractivity contribution >= 4 is 18.5 Å². The van der Waals surface area contributed by atoms with Crippen LogP contribution < -0.4 is 5.32 Å². The van der Waals surface area contributed by atoms with E-state index in [1.54, 1.807) is 12.5 Å². The fourth-order valence-electron chi connectivity index (χ4n) is 1.22. The molecule has 0 bridgehead atoms. The van der Waals surface area contributed by atoms with E-state index in [9.17, 15) is 4.79 Å². The second-order valence-corrected chi connectivity index (χ2v) is 3.44. The molecule has 1 aromatic rings. The first-order chi connectivity index (χ1) is 6.75. The van der Waals surface area contributed by atoms with Crippen molar-refractivity contribution in [2.45, 2.75) is 12.0 Å². The van der Waals surface area contributed by atoms with Gasteiger partial charge in [0, 0.05) is 12.3 Å². The van der Waals surface area contributed by atoms with Crippen molar-refractivity contribution in [1.82, 2.24) is 10.2 Å². The highest BCUT2D eigenvalue weighted by molar-refractivity contribution is 7.80. The third-order valence-electron chi connectivity index (χ3n) is 1.92. The van der Waals surface area contributed by atoms with Crippen LogP contribution in [0.25, 0.3) is 0 Å². The van der Waals surface area contributed by atoms with Crippen LogP contribution >= 0.6 is 12.6 Å². The van der Waals surface area contributed by atoms with Gasteiger partial charge in [-0.2, -0.15) is 0 Å². The molecule has 14 heavy (non-hydrogen) atoms. The number of hydrogen-bond acceptors (Lipinski definition) is 4. The number of rotatable bonds is 2. The Labute approximate surface area is 87.0 Å². The molecule has 74 valence electrons. The zero-order valence-electron chi connectivity index (χ0n) is 7.38. The minimum absolute atomic E-state index is 0.124. The molecular formula is C9H10N2O2S. The van der Waals surface area contributed by atoms with Gasteiger partial charge in [-0.1, -0.05) is 0 Å². The van der Waals surface area contributed by atoms with Gasteiger partial charge in [0.1, 0.15) is 11.3 Å². The Balaban J connectivity index is 2.05. The predicted octanol–water partition coefficient (Wildman–Crippen LogP) is 0.938. The lowest BCUT2D eigenvalue weighted by Crippen LogP contribution is -2.44. The SMILES string of the molecule is O=C1C=CN(Cc2ccco2)C(S)N1. The molecule has 1 aliphatic heterocycles. The van der Waals surface area contributed by atoms with Crippen LogP contribution in [0.4, 0.5) is 0 Å². The van der Waals surface area contributed by atoms with Gasteiger partial charge in [-0.3, -0.25) is 4.79 Å². The number of thiol groups is 1. The van der Waals surface area contributed by atoms with Crippen LogP contribution in [0.15, 0.2) is 35.1 Å². The van der Waals surface area contributed by atoms with Gasteiger partial charge in [0.05, 0.1) is 12.8 Å². The summed E-state index contributed by atoms with van der Waals surface area (Å²) in [6, 6.07) is 3.71. The number of carbonyl (C=O) groups is 1. The molecule has 5 heteroatoms. The Morgan fingerprint density at radius 3 is 3.14 bits per heavy atom. The average Bonchev–Trinajstić information content (AvgIpc) is 2.62. The Hall–Kier alpha value is -1.36. The molecule has 2 rings (SSSR count). The van der Waals surface area contributed by atoms with Crippen LogP contribution in [0.1, 0.15) is 5.76 Å². The van der Waals surface area contributed by atoms with Crippen molar-refractivity contribution in [3.63, 3.8) is 0 Å². The third kappa shape index (κ3) is 1.93. The second kappa shape index (κ2) is 3.79. The number of nitrogens with zero attached hydrogens (tertiary/aromatic N) is 1. The molecule has 1 unspecified atom stereocenters. The Kier molecular flexibility index (Phi) is 2.49. The van der Waals surface area contributed by atoms with Gasteiger partial charge in [-0.15, -0.1) is 12.6 Å². The summed E-state index contributed by atoms with van der Waals surface area (Å²) in [5, 5.41) is 2.66. The summed E-state index contributed by atoms with van der Waals surface area (Å²) in [7, 11) is 0. The topological polar surface area (TPSA) is 45.5 Å². The van der Waals surface area contributed by atoms with Crippen LogP contribution in [-0.4, -0.2) is 16.3 Å². The first-order valence-corrected chi connectivity index (χ1v) is 4.72. The van der Waals surface area contributed by atoms with E-state index in [-0.39, 0.29) is 11.4 Å². The number of amides is 1. The van der Waals surface area contributed by atoms with Gasteiger partial charge in [-0.25, -0.2) is 0 Å². The van der Waals surface area contributed by atoms with Crippen LogP contribution in [-0.2, 0) is 11.3 Å². The van der Waals surface area contributed by atoms with Crippen molar-refractivity contribution in [3.05, 3.63) is 36.4 Å². The summed E-state index contributed by atoms with van der Waals surface area (Å²) < 4.78 is 5.19. The summed E-state index contributed by atoms with van der Waals surface area (Å²) in [5.41, 5.74) is -0.294. The maximum absolute atomic E-state index is 10.9. The lowest BCUT2D eigenvalue weighted by molar-refractivity contribution is -0.118. The summed E-state index contributed by atoms with van der Waals surface area (Å²) in [6.45, 7) is 0.595. The maximum atomic E-state index is 10.9. The lowest BCUT2D eigenvalue weighted by Gasteiger charge is -2.29. The van der Waals surface area contributed by atoms with E-state index >= 15 is 0 Å². The number of carbonyl (C=O) groups excluding carboxylic acids is 1. The molecule has 0 spiro atoms. The predicted molar refractivity (Wildman–Crippen MR) is 54.3 cm³/mol. The Morgan fingerprint density at radius 1 is 1.64 bits per heavy atom. The third-order valence-corrected chi connectivity index (χ3v) is 2.35. The van der Waals surface area contributed by atoms with Gasteiger partial charge in [0.25, 0.3) is 0 Å². The van der Waals surface area contributed by atoms with Crippen LogP contribution in [0.5, 0.6) is 0 Å². The average molecular weight is 210 g/mol. The van der Waals surface area contributed by atoms with Gasteiger partial charge in [0.15, 0.2) is 0 Å². The van der Waals surface area contributed by atoms with Gasteiger partial charge in [-0.05, 0) is 12.1 Å². The molecule has 2 heterocycles. The van der Waals surface area contributed by atoms with E-state index < -0.39 is 0 Å². The monoisotopic (exact) mass is 210 g/mol. The van der Waals surface area contributed by atoms with E-state index in [0.29, 0.717) is 6.54 Å². The van der Waals surface area contributed by atoms with Crippen molar-refractivity contribution in [1.29, 1.82) is 0 Å². The molecule has 1 aromatic heterocycles. The number of nitrogens with one attached hydrogen (secondary N) is 1. The lowest BCUT2D eigenvalue weighted by atomic mass is 10.4. The first-order valence-electron chi connectivity index (χ1n) is 4.20. The normalized spacial score (nSPS) is 21.1. The van der Waals surface area contributed by atoms with Crippen molar-refractivity contribution in [3.8, 4) is 0 Å². The fraction of sp³-hybridized carbons (Fsp3) is 0.222. The summed E-state index contributed by atoms with van der Waals surface area (Å²) in [4.78, 5) is 12.8. The molecule has 1 N–H and O–H groups in total. The molecule has 1 aliphatic rings. The summed E-state index contributed by atoms with van der Waals surface area (Å²) in [6.07, 6.45) is 4.80. The largest absolute Gasteiger partial charge is 0.467 e. The van der Waals surface area contributed by atoms with Crippen LogP contribution in [0.3, 0.4) is 0 Å². The molecule has 4 nitrogen and oxygen atoms in total. The highest BCUT2D eigenvalue weighted by atomic mass is 32.1. The van der Waals surface area contributed by atoms with Gasteiger partial charge in [0.2, 0.25) is 5.91 Å².